The number of rotatable bonds is 5. The molecule has 34 heavy (non-hydrogen) atoms. The number of halogens is 1. The fraction of sp³-hybridized carbons (Fsp3) is 0.542. The molecule has 1 N–H and O–H groups in total. The first kappa shape index (κ1) is 24.0. The highest BCUT2D eigenvalue weighted by Crippen LogP contribution is 2.29. The zero-order chi connectivity index (χ0) is 24.3. The number of carbonyl (C=O) groups is 2. The van der Waals surface area contributed by atoms with Crippen LogP contribution in [0.1, 0.15) is 46.5 Å². The van der Waals surface area contributed by atoms with Gasteiger partial charge in [0.15, 0.2) is 5.82 Å². The van der Waals surface area contributed by atoms with Crippen LogP contribution in [-0.4, -0.2) is 58.2 Å². The van der Waals surface area contributed by atoms with Gasteiger partial charge in [-0.2, -0.15) is 0 Å². The summed E-state index contributed by atoms with van der Waals surface area (Å²) in [5, 5.41) is 3.26. The first-order valence-electron chi connectivity index (χ1n) is 11.6. The van der Waals surface area contributed by atoms with Crippen molar-refractivity contribution in [2.75, 3.05) is 30.0 Å². The minimum atomic E-state index is -0.600. The maximum atomic E-state index is 14.6. The van der Waals surface area contributed by atoms with Crippen LogP contribution in [0.5, 0.6) is 0 Å². The maximum Gasteiger partial charge on any atom is 0.309 e. The summed E-state index contributed by atoms with van der Waals surface area (Å²) < 4.78 is 25.3. The number of morpholine rings is 1. The molecule has 0 unspecified atom stereocenters. The summed E-state index contributed by atoms with van der Waals surface area (Å²) in [5.74, 6) is -0.334. The highest BCUT2D eigenvalue weighted by molar-refractivity contribution is 5.94. The molecule has 9 nitrogen and oxygen atoms in total. The number of esters is 1. The molecule has 2 fully saturated rings. The molecule has 4 rings (SSSR count). The lowest BCUT2D eigenvalue weighted by Crippen LogP contribution is -2.42. The van der Waals surface area contributed by atoms with Crippen molar-refractivity contribution in [1.29, 1.82) is 0 Å². The summed E-state index contributed by atoms with van der Waals surface area (Å²) >= 11 is 0. The summed E-state index contributed by atoms with van der Waals surface area (Å²) in [4.78, 5) is 38.9. The van der Waals surface area contributed by atoms with Crippen LogP contribution in [0.2, 0.25) is 0 Å². The predicted molar refractivity (Wildman–Crippen MR) is 124 cm³/mol. The molecule has 1 amide bonds. The Morgan fingerprint density at radius 3 is 2.68 bits per heavy atom. The van der Waals surface area contributed by atoms with Crippen molar-refractivity contribution >= 4 is 23.6 Å². The number of carbonyl (C=O) groups excluding carboxylic acids is 2. The molecule has 2 aliphatic rings. The van der Waals surface area contributed by atoms with Gasteiger partial charge in [-0.15, -0.1) is 0 Å². The monoisotopic (exact) mass is 471 g/mol. The van der Waals surface area contributed by atoms with Crippen LogP contribution in [-0.2, 0) is 19.1 Å². The second-order valence-corrected chi connectivity index (χ2v) is 9.60. The lowest BCUT2D eigenvalue weighted by molar-refractivity contribution is -0.161. The summed E-state index contributed by atoms with van der Waals surface area (Å²) in [6.45, 7) is 6.41. The van der Waals surface area contributed by atoms with Gasteiger partial charge in [0, 0.05) is 6.04 Å². The molecular weight excluding hydrogens is 441 g/mol. The van der Waals surface area contributed by atoms with E-state index in [1.165, 1.54) is 4.90 Å². The zero-order valence-corrected chi connectivity index (χ0v) is 19.7. The Hall–Kier alpha value is -3.14. The molecular formula is C24H30FN5O4. The molecule has 3 heterocycles. The summed E-state index contributed by atoms with van der Waals surface area (Å²) in [6, 6.07) is 5.14. The van der Waals surface area contributed by atoms with Gasteiger partial charge < -0.3 is 14.8 Å². The summed E-state index contributed by atoms with van der Waals surface area (Å²) in [7, 11) is 0. The van der Waals surface area contributed by atoms with E-state index >= 15 is 0 Å². The minimum Gasteiger partial charge on any atom is -0.460 e. The van der Waals surface area contributed by atoms with Gasteiger partial charge in [0.25, 0.3) is 5.91 Å². The highest BCUT2D eigenvalue weighted by atomic mass is 19.1. The van der Waals surface area contributed by atoms with Crippen molar-refractivity contribution in [1.82, 2.24) is 15.0 Å². The van der Waals surface area contributed by atoms with Gasteiger partial charge in [-0.25, -0.2) is 19.3 Å². The number of amides is 1. The number of hydrogen-bond acceptors (Lipinski definition) is 8. The predicted octanol–water partition coefficient (Wildman–Crippen LogP) is 3.35. The molecule has 1 saturated carbocycles. The second-order valence-electron chi connectivity index (χ2n) is 9.60. The third-order valence-corrected chi connectivity index (χ3v) is 5.78. The Morgan fingerprint density at radius 1 is 1.21 bits per heavy atom. The third kappa shape index (κ3) is 5.85. The van der Waals surface area contributed by atoms with E-state index in [9.17, 15) is 14.0 Å². The van der Waals surface area contributed by atoms with Crippen molar-refractivity contribution in [2.45, 2.75) is 58.1 Å². The molecule has 182 valence electrons. The molecule has 0 atom stereocenters. The minimum absolute atomic E-state index is 0.00197. The van der Waals surface area contributed by atoms with Gasteiger partial charge in [-0.05, 0) is 58.6 Å². The molecule has 10 heteroatoms. The Labute approximate surface area is 198 Å². The summed E-state index contributed by atoms with van der Waals surface area (Å²) in [6.07, 6.45) is 4.04. The standard InChI is InChI=1S/C24H30FN5O4/c1-24(2,3)34-22(32)15-7-9-16(10-8-15)27-23-26-13-17(25)21(29-23)18-5-4-6-19(28-18)30-11-12-33-14-20(30)31/h4-6,13,15-16H,7-12,14H2,1-3H3,(H,26,27,29). The van der Waals surface area contributed by atoms with Crippen LogP contribution in [0.3, 0.4) is 0 Å². The first-order chi connectivity index (χ1) is 16.2. The highest BCUT2D eigenvalue weighted by Gasteiger charge is 2.30. The van der Waals surface area contributed by atoms with E-state index in [1.54, 1.807) is 18.2 Å². The van der Waals surface area contributed by atoms with Crippen molar-refractivity contribution in [3.8, 4) is 11.4 Å². The van der Waals surface area contributed by atoms with Gasteiger partial charge in [0.2, 0.25) is 5.95 Å². The molecule has 2 aromatic heterocycles. The number of aromatic nitrogens is 3. The van der Waals surface area contributed by atoms with Crippen LogP contribution < -0.4 is 10.2 Å². The Balaban J connectivity index is 1.43. The third-order valence-electron chi connectivity index (χ3n) is 5.78. The van der Waals surface area contributed by atoms with E-state index in [2.05, 4.69) is 20.3 Å². The van der Waals surface area contributed by atoms with Crippen LogP contribution in [0.15, 0.2) is 24.4 Å². The molecule has 0 spiro atoms. The van der Waals surface area contributed by atoms with E-state index in [1.807, 2.05) is 20.8 Å². The zero-order valence-electron chi connectivity index (χ0n) is 19.7. The van der Waals surface area contributed by atoms with Gasteiger partial charge >= 0.3 is 5.97 Å². The van der Waals surface area contributed by atoms with Crippen molar-refractivity contribution in [3.63, 3.8) is 0 Å². The smallest absolute Gasteiger partial charge is 0.309 e. The van der Waals surface area contributed by atoms with Crippen molar-refractivity contribution < 1.29 is 23.5 Å². The fourth-order valence-electron chi connectivity index (χ4n) is 4.12. The number of hydrogen-bond donors (Lipinski definition) is 1. The Bertz CT molecular complexity index is 1050. The van der Waals surface area contributed by atoms with Gasteiger partial charge in [0.05, 0.1) is 31.0 Å². The van der Waals surface area contributed by atoms with E-state index in [4.69, 9.17) is 9.47 Å². The molecule has 0 bridgehead atoms. The molecule has 0 aromatic carbocycles. The largest absolute Gasteiger partial charge is 0.460 e. The quantitative estimate of drug-likeness (QED) is 0.662. The summed E-state index contributed by atoms with van der Waals surface area (Å²) in [5.41, 5.74) is -0.124. The van der Waals surface area contributed by atoms with E-state index in [0.717, 1.165) is 19.0 Å². The molecule has 1 aliphatic heterocycles. The van der Waals surface area contributed by atoms with Crippen LogP contribution in [0, 0.1) is 11.7 Å². The average Bonchev–Trinajstić information content (AvgIpc) is 2.80. The van der Waals surface area contributed by atoms with E-state index in [0.29, 0.717) is 43.5 Å². The number of nitrogens with one attached hydrogen (secondary N) is 1. The van der Waals surface area contributed by atoms with Crippen molar-refractivity contribution in [2.24, 2.45) is 5.92 Å². The average molecular weight is 472 g/mol. The second kappa shape index (κ2) is 10.0. The lowest BCUT2D eigenvalue weighted by Gasteiger charge is -2.30. The molecule has 2 aromatic rings. The van der Waals surface area contributed by atoms with Crippen LogP contribution >= 0.6 is 0 Å². The maximum absolute atomic E-state index is 14.6. The Kier molecular flexibility index (Phi) is 7.06. The van der Waals surface area contributed by atoms with Gasteiger partial charge in [-0.3, -0.25) is 14.5 Å². The first-order valence-corrected chi connectivity index (χ1v) is 11.6. The number of pyridine rings is 1. The van der Waals surface area contributed by atoms with Gasteiger partial charge in [0.1, 0.15) is 23.7 Å². The van der Waals surface area contributed by atoms with E-state index < -0.39 is 11.4 Å². The SMILES string of the molecule is CC(C)(C)OC(=O)C1CCC(Nc2ncc(F)c(-c3cccc(N4CCOCC4=O)n3)n2)CC1. The lowest BCUT2D eigenvalue weighted by atomic mass is 9.86. The normalized spacial score (nSPS) is 21.3. The molecule has 1 saturated heterocycles. The molecule has 0 radical (unpaired) electrons. The Morgan fingerprint density at radius 2 is 1.97 bits per heavy atom. The van der Waals surface area contributed by atoms with Gasteiger partial charge in [-0.1, -0.05) is 6.07 Å². The fourth-order valence-corrected chi connectivity index (χ4v) is 4.12. The topological polar surface area (TPSA) is 107 Å². The van der Waals surface area contributed by atoms with Crippen molar-refractivity contribution in [3.05, 3.63) is 30.2 Å². The number of anilines is 2. The number of nitrogens with zero attached hydrogens (tertiary/aromatic N) is 4. The van der Waals surface area contributed by atoms with Crippen LogP contribution in [0.25, 0.3) is 11.4 Å². The molecule has 1 aliphatic carbocycles. The van der Waals surface area contributed by atoms with E-state index in [-0.39, 0.29) is 36.1 Å². The van der Waals surface area contributed by atoms with Crippen LogP contribution in [0.4, 0.5) is 16.2 Å². The number of ether oxygens (including phenoxy) is 2.